The first-order valence-corrected chi connectivity index (χ1v) is 34.3. The van der Waals surface area contributed by atoms with Crippen LogP contribution in [0.15, 0.2) is 69.6 Å². The number of rotatable bonds is 43. The summed E-state index contributed by atoms with van der Waals surface area (Å²) in [4.78, 5) is 170. The molecular formula is C66H108N22O12. The number of guanidine groups is 3. The molecule has 0 saturated carbocycles. The number of aromatic hydroxyl groups is 1. The molecule has 554 valence electrons. The molecule has 2 heterocycles. The van der Waals surface area contributed by atoms with Gasteiger partial charge in [0.2, 0.25) is 65.0 Å². The fraction of sp³-hybridized carbons (Fsp3) is 0.606. The van der Waals surface area contributed by atoms with Crippen LogP contribution in [0.2, 0.25) is 0 Å². The number of nitrogens with one attached hydrogen (secondary N) is 8. The minimum absolute atomic E-state index is 0.00501. The molecule has 0 spiro atoms. The van der Waals surface area contributed by atoms with E-state index >= 15 is 0 Å². The van der Waals surface area contributed by atoms with Crippen LogP contribution < -0.4 is 94.1 Å². The van der Waals surface area contributed by atoms with Crippen LogP contribution in [0.5, 0.6) is 5.75 Å². The molecule has 34 nitrogen and oxygen atoms in total. The molecule has 0 bridgehead atoms. The number of nitrogens with zero attached hydrogens (tertiary/aromatic N) is 5. The lowest BCUT2D eigenvalue weighted by atomic mass is 9.96. The number of primary amides is 1. The van der Waals surface area contributed by atoms with Crippen LogP contribution >= 0.6 is 0 Å². The van der Waals surface area contributed by atoms with Gasteiger partial charge in [0.05, 0.1) is 12.6 Å². The summed E-state index contributed by atoms with van der Waals surface area (Å²) in [6, 6.07) is 2.83. The highest BCUT2D eigenvalue weighted by Gasteiger charge is 2.41. The van der Waals surface area contributed by atoms with Crippen LogP contribution in [0.3, 0.4) is 0 Å². The van der Waals surface area contributed by atoms with E-state index in [4.69, 9.17) is 51.6 Å². The number of phenolic OH excluding ortho intramolecular Hbond substituents is 1. The first-order chi connectivity index (χ1) is 47.5. The van der Waals surface area contributed by atoms with E-state index in [0.717, 1.165) is 0 Å². The van der Waals surface area contributed by atoms with Gasteiger partial charge in [0.15, 0.2) is 17.9 Å². The van der Waals surface area contributed by atoms with Gasteiger partial charge in [0.25, 0.3) is 0 Å². The van der Waals surface area contributed by atoms with Crippen LogP contribution in [0, 0.1) is 11.8 Å². The number of amides is 11. The van der Waals surface area contributed by atoms with E-state index in [0.29, 0.717) is 56.2 Å². The molecule has 4 rings (SSSR count). The van der Waals surface area contributed by atoms with E-state index in [1.54, 1.807) is 70.2 Å². The summed E-state index contributed by atoms with van der Waals surface area (Å²) in [5, 5.41) is 31.5. The van der Waals surface area contributed by atoms with Crippen molar-refractivity contribution in [2.75, 3.05) is 45.8 Å². The van der Waals surface area contributed by atoms with Crippen molar-refractivity contribution < 1.29 is 57.8 Å². The second-order valence-electron chi connectivity index (χ2n) is 25.7. The van der Waals surface area contributed by atoms with Gasteiger partial charge in [-0.25, -0.2) is 0 Å². The van der Waals surface area contributed by atoms with E-state index in [-0.39, 0.29) is 133 Å². The predicted molar refractivity (Wildman–Crippen MR) is 377 cm³/mol. The van der Waals surface area contributed by atoms with Gasteiger partial charge >= 0.3 is 0 Å². The molecule has 0 aliphatic carbocycles. The first kappa shape index (κ1) is 82.6. The molecule has 34 heteroatoms. The summed E-state index contributed by atoms with van der Waals surface area (Å²) >= 11 is 0. The number of benzene rings is 2. The Morgan fingerprint density at radius 2 is 0.990 bits per heavy atom. The molecule has 100 heavy (non-hydrogen) atoms. The van der Waals surface area contributed by atoms with Crippen molar-refractivity contribution in [2.24, 2.45) is 78.4 Å². The predicted octanol–water partition coefficient (Wildman–Crippen LogP) is -4.14. The molecule has 0 unspecified atom stereocenters. The molecule has 0 radical (unpaired) electrons. The molecule has 2 aliphatic heterocycles. The van der Waals surface area contributed by atoms with Crippen molar-refractivity contribution in [3.8, 4) is 5.75 Å². The van der Waals surface area contributed by atoms with Gasteiger partial charge in [-0.05, 0) is 138 Å². The van der Waals surface area contributed by atoms with Crippen molar-refractivity contribution in [3.05, 3.63) is 65.7 Å². The fourth-order valence-electron chi connectivity index (χ4n) is 11.7. The number of phenols is 1. The Balaban J connectivity index is 1.59. The number of unbranched alkanes of at least 4 members (excludes halogenated alkanes) is 1. The first-order valence-electron chi connectivity index (χ1n) is 34.3. The lowest BCUT2D eigenvalue weighted by Gasteiger charge is -2.32. The van der Waals surface area contributed by atoms with E-state index in [1.165, 1.54) is 21.9 Å². The molecule has 0 aromatic heterocycles. The third kappa shape index (κ3) is 28.5. The molecular weight excluding hydrogens is 1290 g/mol. The van der Waals surface area contributed by atoms with Crippen molar-refractivity contribution >= 4 is 82.9 Å². The number of likely N-dealkylation sites (tertiary alicyclic amines) is 2. The normalized spacial score (nSPS) is 16.8. The standard InChI is InChI=1S/C66H108N22O12/c1-5-39(4)53(61(98)84-47(21-13-31-78-66(74)75)63(100)88-33-15-23-51(88)60(97)81-44(54(69)91)18-9-10-28-67)86-56(93)46(20-12-30-77-65(72)73)82-55(92)45(19-11-29-76-64(70)71)83-57(94)48(34-38(2)3)85-58(95)49(36-40-16-7-6-8-17-40)80-52(90)37-79-59(96)50-22-14-32-87(50)62(99)43(68)35-41-24-26-42(89)27-25-41/h6-8,16-17,24-27,38-39,43-51,53,89H,5,9-15,18-23,28-37,67-68H2,1-4H3,(H2,69,91)(H,79,96)(H,80,90)(H,81,97)(H,82,92)(H,83,94)(H,84,98)(H,85,95)(H,86,93)(H4,70,71,76)(H4,72,73,77)(H4,74,75,78)/t39-,43-,44-,45-,46-,47-,48-,49-,50+,51-,53-/m0/s1. The van der Waals surface area contributed by atoms with E-state index in [1.807, 2.05) is 0 Å². The number of nitrogens with two attached hydrogens (primary N) is 9. The lowest BCUT2D eigenvalue weighted by molar-refractivity contribution is -0.142. The molecule has 11 amide bonds. The van der Waals surface area contributed by atoms with Crippen molar-refractivity contribution in [3.63, 3.8) is 0 Å². The highest BCUT2D eigenvalue weighted by atomic mass is 16.3. The Morgan fingerprint density at radius 1 is 0.520 bits per heavy atom. The van der Waals surface area contributed by atoms with Crippen LogP contribution in [0.4, 0.5) is 0 Å². The summed E-state index contributed by atoms with van der Waals surface area (Å²) in [6.07, 6.45) is 3.40. The lowest BCUT2D eigenvalue weighted by Crippen LogP contribution is -2.61. The quantitative estimate of drug-likeness (QED) is 0.0170. The summed E-state index contributed by atoms with van der Waals surface area (Å²) in [7, 11) is 0. The Labute approximate surface area is 583 Å². The van der Waals surface area contributed by atoms with Crippen LogP contribution in [0.1, 0.15) is 135 Å². The monoisotopic (exact) mass is 1400 g/mol. The maximum atomic E-state index is 14.8. The molecule has 2 aromatic carbocycles. The average Bonchev–Trinajstić information content (AvgIpc) is 1.61. The zero-order valence-corrected chi connectivity index (χ0v) is 58.0. The van der Waals surface area contributed by atoms with Gasteiger partial charge in [-0.1, -0.05) is 76.6 Å². The third-order valence-corrected chi connectivity index (χ3v) is 17.2. The molecule has 2 saturated heterocycles. The second kappa shape index (κ2) is 42.8. The molecule has 11 atom stereocenters. The maximum Gasteiger partial charge on any atom is 0.245 e. The average molecular weight is 1400 g/mol. The largest absolute Gasteiger partial charge is 0.508 e. The zero-order valence-electron chi connectivity index (χ0n) is 58.0. The van der Waals surface area contributed by atoms with E-state index in [2.05, 4.69) is 57.5 Å². The number of aliphatic imine (C=N–C) groups is 3. The zero-order chi connectivity index (χ0) is 74.0. The Bertz CT molecular complexity index is 3130. The van der Waals surface area contributed by atoms with E-state index < -0.39 is 138 Å². The van der Waals surface area contributed by atoms with Crippen molar-refractivity contribution in [2.45, 2.75) is 197 Å². The van der Waals surface area contributed by atoms with Crippen molar-refractivity contribution in [1.29, 1.82) is 0 Å². The highest BCUT2D eigenvalue weighted by molar-refractivity contribution is 5.99. The number of hydrogen-bond acceptors (Lipinski definition) is 17. The van der Waals surface area contributed by atoms with Crippen molar-refractivity contribution in [1.82, 2.24) is 52.3 Å². The minimum atomic E-state index is -1.43. The maximum absolute atomic E-state index is 14.8. The molecule has 2 fully saturated rings. The number of carbonyl (C=O) groups excluding carboxylic acids is 11. The summed E-state index contributed by atoms with van der Waals surface area (Å²) in [5.41, 5.74) is 52.6. The topological polar surface area (TPSA) is 582 Å². The molecule has 2 aromatic rings. The summed E-state index contributed by atoms with van der Waals surface area (Å²) in [5.74, 6) is -9.42. The van der Waals surface area contributed by atoms with Crippen LogP contribution in [-0.4, -0.2) is 204 Å². The fourth-order valence-corrected chi connectivity index (χ4v) is 11.7. The van der Waals surface area contributed by atoms with Gasteiger partial charge in [-0.3, -0.25) is 67.7 Å². The Kier molecular flexibility index (Phi) is 35.4. The van der Waals surface area contributed by atoms with E-state index in [9.17, 15) is 57.8 Å². The molecule has 2 aliphatic rings. The van der Waals surface area contributed by atoms with Crippen LogP contribution in [-0.2, 0) is 65.6 Å². The number of hydrogen-bond donors (Lipinski definition) is 18. The van der Waals surface area contributed by atoms with Gasteiger partial charge < -0.3 is 109 Å². The minimum Gasteiger partial charge on any atom is -0.508 e. The Morgan fingerprint density at radius 3 is 1.51 bits per heavy atom. The number of carbonyl (C=O) groups is 11. The Hall–Kier alpha value is -9.86. The molecule has 27 N–H and O–H groups in total. The van der Waals surface area contributed by atoms with Gasteiger partial charge in [0.1, 0.15) is 60.1 Å². The summed E-state index contributed by atoms with van der Waals surface area (Å²) < 4.78 is 0. The smallest absolute Gasteiger partial charge is 0.245 e. The SMILES string of the molecule is CC[C@H](C)[C@H](NC(=O)[C@H](CCCN=C(N)N)NC(=O)[C@H](CCCN=C(N)N)NC(=O)[C@H](CC(C)C)NC(=O)[C@H](Cc1ccccc1)NC(=O)CNC(=O)[C@H]1CCCN1C(=O)[C@@H](N)Cc1ccc(O)cc1)C(=O)N[C@@H](CCCN=C(N)N)C(=O)N1CCC[C@H]1C(=O)N[C@@H](CCCCN)C(N)=O. The van der Waals surface area contributed by atoms with Crippen LogP contribution in [0.25, 0.3) is 0 Å². The van der Waals surface area contributed by atoms with Gasteiger partial charge in [-0.2, -0.15) is 0 Å². The summed E-state index contributed by atoms with van der Waals surface area (Å²) in [6.45, 7) is 7.31. The highest BCUT2D eigenvalue weighted by Crippen LogP contribution is 2.23. The van der Waals surface area contributed by atoms with Gasteiger partial charge in [-0.15, -0.1) is 0 Å². The van der Waals surface area contributed by atoms with Gasteiger partial charge in [0, 0.05) is 39.1 Å². The third-order valence-electron chi connectivity index (χ3n) is 17.2. The second-order valence-corrected chi connectivity index (χ2v) is 25.7.